The normalized spacial score (nSPS) is 12.3. The number of primary sulfonamides is 1. The van der Waals surface area contributed by atoms with Crippen LogP contribution in [0.15, 0.2) is 64.4 Å². The van der Waals surface area contributed by atoms with Crippen LogP contribution in [0.25, 0.3) is 27.7 Å². The fourth-order valence-corrected chi connectivity index (χ4v) is 4.38. The van der Waals surface area contributed by atoms with E-state index in [0.717, 1.165) is 12.1 Å². The number of alkyl halides is 3. The number of hydrogen-bond acceptors (Lipinski definition) is 7. The average molecular weight is 505 g/mol. The number of pyridine rings is 1. The number of fused-ring (bicyclic) bond motifs is 1. The fraction of sp³-hybridized carbons (Fsp3) is 0.136. The molecule has 0 radical (unpaired) electrons. The van der Waals surface area contributed by atoms with Crippen LogP contribution in [0.4, 0.5) is 19.1 Å². The van der Waals surface area contributed by atoms with E-state index in [-0.39, 0.29) is 28.1 Å². The molecule has 35 heavy (non-hydrogen) atoms. The largest absolute Gasteiger partial charge is 0.418 e. The van der Waals surface area contributed by atoms with Crippen LogP contribution in [0.5, 0.6) is 0 Å². The van der Waals surface area contributed by atoms with E-state index in [0.29, 0.717) is 15.7 Å². The number of halogens is 3. The molecule has 0 aliphatic heterocycles. The SMILES string of the molecule is COCc1ncc(-c2ccc3nc(N)n(-c4ccccc4C(F)(F)F)c(=O)c3c2)cc1S(N)(=O)=O. The Morgan fingerprint density at radius 1 is 1.09 bits per heavy atom. The molecule has 0 atom stereocenters. The summed E-state index contributed by atoms with van der Waals surface area (Å²) >= 11 is 0. The fourth-order valence-electron chi connectivity index (χ4n) is 3.65. The molecule has 9 nitrogen and oxygen atoms in total. The molecule has 0 saturated carbocycles. The predicted molar refractivity (Wildman–Crippen MR) is 122 cm³/mol. The first-order valence-corrected chi connectivity index (χ1v) is 11.5. The quantitative estimate of drug-likeness (QED) is 0.425. The minimum Gasteiger partial charge on any atom is -0.378 e. The van der Waals surface area contributed by atoms with E-state index >= 15 is 0 Å². The first kappa shape index (κ1) is 24.3. The molecule has 0 aliphatic carbocycles. The average Bonchev–Trinajstić information content (AvgIpc) is 2.78. The predicted octanol–water partition coefficient (Wildman–Crippen LogP) is 2.84. The van der Waals surface area contributed by atoms with Crippen molar-refractivity contribution in [2.45, 2.75) is 17.7 Å². The summed E-state index contributed by atoms with van der Waals surface area (Å²) in [5, 5.41) is 5.27. The second kappa shape index (κ2) is 8.76. The number of ether oxygens (including phenoxy) is 1. The Hall–Kier alpha value is -3.81. The molecule has 0 amide bonds. The number of anilines is 1. The van der Waals surface area contributed by atoms with Gasteiger partial charge in [-0.15, -0.1) is 0 Å². The highest BCUT2D eigenvalue weighted by atomic mass is 32.2. The number of benzene rings is 2. The van der Waals surface area contributed by atoms with Gasteiger partial charge in [-0.25, -0.2) is 23.1 Å². The van der Waals surface area contributed by atoms with Gasteiger partial charge >= 0.3 is 6.18 Å². The van der Waals surface area contributed by atoms with Gasteiger partial charge in [-0.05, 0) is 35.9 Å². The summed E-state index contributed by atoms with van der Waals surface area (Å²) in [4.78, 5) is 21.2. The van der Waals surface area contributed by atoms with Crippen molar-refractivity contribution in [3.63, 3.8) is 0 Å². The van der Waals surface area contributed by atoms with Gasteiger partial charge in [-0.3, -0.25) is 9.78 Å². The highest BCUT2D eigenvalue weighted by Crippen LogP contribution is 2.34. The number of nitrogen functional groups attached to an aromatic ring is 1. The zero-order valence-corrected chi connectivity index (χ0v) is 18.9. The molecular formula is C22H18F3N5O4S. The van der Waals surface area contributed by atoms with Crippen molar-refractivity contribution in [2.24, 2.45) is 5.14 Å². The van der Waals surface area contributed by atoms with E-state index in [1.165, 1.54) is 43.6 Å². The zero-order chi connectivity index (χ0) is 25.5. The molecule has 4 N–H and O–H groups in total. The van der Waals surface area contributed by atoms with Crippen LogP contribution in [0.3, 0.4) is 0 Å². The number of para-hydroxylation sites is 1. The van der Waals surface area contributed by atoms with Gasteiger partial charge in [0.05, 0.1) is 34.5 Å². The summed E-state index contributed by atoms with van der Waals surface area (Å²) in [5.74, 6) is -0.422. The van der Waals surface area contributed by atoms with Crippen molar-refractivity contribution in [3.05, 3.63) is 76.3 Å². The zero-order valence-electron chi connectivity index (χ0n) is 18.1. The smallest absolute Gasteiger partial charge is 0.378 e. The minimum absolute atomic E-state index is 0.0354. The molecular weight excluding hydrogens is 487 g/mol. The van der Waals surface area contributed by atoms with Crippen LogP contribution in [0, 0.1) is 0 Å². The highest BCUT2D eigenvalue weighted by Gasteiger charge is 2.34. The van der Waals surface area contributed by atoms with Gasteiger partial charge < -0.3 is 10.5 Å². The molecule has 2 aromatic carbocycles. The summed E-state index contributed by atoms with van der Waals surface area (Å²) < 4.78 is 70.4. The molecule has 182 valence electrons. The topological polar surface area (TPSA) is 143 Å². The number of rotatable bonds is 5. The van der Waals surface area contributed by atoms with E-state index in [2.05, 4.69) is 9.97 Å². The van der Waals surface area contributed by atoms with E-state index in [1.54, 1.807) is 6.07 Å². The second-order valence-electron chi connectivity index (χ2n) is 7.50. The van der Waals surface area contributed by atoms with E-state index in [4.69, 9.17) is 15.6 Å². The number of aromatic nitrogens is 3. The van der Waals surface area contributed by atoms with Gasteiger partial charge in [0.2, 0.25) is 16.0 Å². The van der Waals surface area contributed by atoms with Crippen molar-refractivity contribution < 1.29 is 26.3 Å². The molecule has 0 saturated heterocycles. The maximum absolute atomic E-state index is 13.6. The third-order valence-corrected chi connectivity index (χ3v) is 6.16. The Balaban J connectivity index is 1.95. The first-order valence-electron chi connectivity index (χ1n) is 9.91. The number of hydrogen-bond donors (Lipinski definition) is 2. The van der Waals surface area contributed by atoms with E-state index < -0.39 is 39.0 Å². The van der Waals surface area contributed by atoms with Gasteiger partial charge in [0.25, 0.3) is 5.56 Å². The number of methoxy groups -OCH3 is 1. The Labute approximate surface area is 196 Å². The number of nitrogens with two attached hydrogens (primary N) is 2. The molecule has 4 aromatic rings. The molecule has 2 heterocycles. The van der Waals surface area contributed by atoms with Crippen LogP contribution in [0.1, 0.15) is 11.3 Å². The van der Waals surface area contributed by atoms with Crippen molar-refractivity contribution >= 4 is 26.9 Å². The Morgan fingerprint density at radius 2 is 1.80 bits per heavy atom. The van der Waals surface area contributed by atoms with Crippen molar-refractivity contribution in [1.29, 1.82) is 0 Å². The lowest BCUT2D eigenvalue weighted by molar-refractivity contribution is -0.137. The molecule has 0 aliphatic rings. The third-order valence-electron chi connectivity index (χ3n) is 5.20. The number of sulfonamides is 1. The third kappa shape index (κ3) is 4.60. The van der Waals surface area contributed by atoms with Crippen molar-refractivity contribution in [1.82, 2.24) is 14.5 Å². The molecule has 2 aromatic heterocycles. The van der Waals surface area contributed by atoms with Gasteiger partial charge in [0, 0.05) is 18.9 Å². The molecule has 0 bridgehead atoms. The molecule has 4 rings (SSSR count). The maximum Gasteiger partial charge on any atom is 0.418 e. The molecule has 0 spiro atoms. The van der Waals surface area contributed by atoms with E-state index in [9.17, 15) is 26.4 Å². The molecule has 0 fully saturated rings. The Kier molecular flexibility index (Phi) is 6.09. The maximum atomic E-state index is 13.6. The second-order valence-corrected chi connectivity index (χ2v) is 9.03. The van der Waals surface area contributed by atoms with E-state index in [1.807, 2.05) is 0 Å². The van der Waals surface area contributed by atoms with Gasteiger partial charge in [-0.2, -0.15) is 13.2 Å². The lowest BCUT2D eigenvalue weighted by atomic mass is 10.0. The van der Waals surface area contributed by atoms with Crippen LogP contribution in [-0.2, 0) is 27.5 Å². The lowest BCUT2D eigenvalue weighted by Gasteiger charge is -2.16. The van der Waals surface area contributed by atoms with Crippen molar-refractivity contribution in [2.75, 3.05) is 12.8 Å². The van der Waals surface area contributed by atoms with Gasteiger partial charge in [0.1, 0.15) is 4.90 Å². The summed E-state index contributed by atoms with van der Waals surface area (Å²) in [6.07, 6.45) is -3.37. The van der Waals surface area contributed by atoms with Crippen LogP contribution in [0.2, 0.25) is 0 Å². The van der Waals surface area contributed by atoms with Gasteiger partial charge in [-0.1, -0.05) is 18.2 Å². The monoisotopic (exact) mass is 505 g/mol. The standard InChI is InChI=1S/C22H18F3N5O4S/c1-34-11-17-19(35(27,32)33)9-13(10-28-17)12-6-7-16-14(8-12)20(31)30(21(26)29-16)18-5-3-2-4-15(18)22(23,24)25/h2-10H,11H2,1H3,(H2,26,29)(H2,27,32,33). The summed E-state index contributed by atoms with van der Waals surface area (Å²) in [7, 11) is -2.78. The summed E-state index contributed by atoms with van der Waals surface area (Å²) in [6, 6.07) is 10.1. The number of nitrogens with zero attached hydrogens (tertiary/aromatic N) is 3. The van der Waals surface area contributed by atoms with Crippen molar-refractivity contribution in [3.8, 4) is 16.8 Å². The Morgan fingerprint density at radius 3 is 2.46 bits per heavy atom. The van der Waals surface area contributed by atoms with Gasteiger partial charge in [0.15, 0.2) is 0 Å². The molecule has 13 heteroatoms. The van der Waals surface area contributed by atoms with Crippen LogP contribution < -0.4 is 16.4 Å². The Bertz CT molecular complexity index is 1620. The lowest BCUT2D eigenvalue weighted by Crippen LogP contribution is -2.25. The minimum atomic E-state index is -4.74. The highest BCUT2D eigenvalue weighted by molar-refractivity contribution is 7.89. The summed E-state index contributed by atoms with van der Waals surface area (Å²) in [5.41, 5.74) is 4.42. The first-order chi connectivity index (χ1) is 16.4. The van der Waals surface area contributed by atoms with Crippen LogP contribution >= 0.6 is 0 Å². The van der Waals surface area contributed by atoms with Crippen LogP contribution in [-0.4, -0.2) is 30.1 Å². The molecule has 0 unspecified atom stereocenters. The summed E-state index contributed by atoms with van der Waals surface area (Å²) in [6.45, 7) is -0.101.